The Hall–Kier alpha value is 0.0900. The van der Waals surface area contributed by atoms with E-state index in [0.29, 0.717) is 6.04 Å². The highest BCUT2D eigenvalue weighted by molar-refractivity contribution is 14.1. The van der Waals surface area contributed by atoms with Crippen molar-refractivity contribution in [2.75, 3.05) is 6.54 Å². The highest BCUT2D eigenvalue weighted by Gasteiger charge is 2.13. The molecule has 2 rings (SSSR count). The normalized spacial score (nSPS) is 12.6. The van der Waals surface area contributed by atoms with Crippen LogP contribution >= 0.6 is 49.9 Å². The van der Waals surface area contributed by atoms with Crippen LogP contribution in [0.3, 0.4) is 0 Å². The van der Waals surface area contributed by atoms with Crippen LogP contribution in [0, 0.1) is 3.57 Å². The summed E-state index contributed by atoms with van der Waals surface area (Å²) in [6, 6.07) is 11.4. The Kier molecular flexibility index (Phi) is 6.32. The van der Waals surface area contributed by atoms with Crippen LogP contribution in [0.2, 0.25) is 0 Å². The lowest BCUT2D eigenvalue weighted by atomic mass is 10.0. The average Bonchev–Trinajstić information content (AvgIpc) is 2.80. The van der Waals surface area contributed by atoms with Gasteiger partial charge in [-0.2, -0.15) is 0 Å². The molecule has 1 heterocycles. The summed E-state index contributed by atoms with van der Waals surface area (Å²) in [5.41, 5.74) is 1.38. The van der Waals surface area contributed by atoms with Crippen LogP contribution in [0.25, 0.3) is 0 Å². The second-order valence-corrected chi connectivity index (χ2v) is 7.65. The van der Waals surface area contributed by atoms with E-state index in [1.807, 2.05) is 11.3 Å². The van der Waals surface area contributed by atoms with Crippen LogP contribution < -0.4 is 5.32 Å². The Labute approximate surface area is 141 Å². The lowest BCUT2D eigenvalue weighted by Gasteiger charge is -2.18. The molecular weight excluding hydrogens is 433 g/mol. The van der Waals surface area contributed by atoms with E-state index >= 15 is 0 Å². The van der Waals surface area contributed by atoms with Crippen LogP contribution in [0.4, 0.5) is 0 Å². The number of rotatable bonds is 6. The summed E-state index contributed by atoms with van der Waals surface area (Å²) >= 11 is 7.73. The van der Waals surface area contributed by atoms with Crippen molar-refractivity contribution in [2.24, 2.45) is 0 Å². The molecule has 0 fully saturated rings. The number of nitrogens with one attached hydrogen (secondary N) is 1. The minimum atomic E-state index is 0.403. The number of thiophene rings is 1. The van der Waals surface area contributed by atoms with Gasteiger partial charge in [0.1, 0.15) is 0 Å². The van der Waals surface area contributed by atoms with Gasteiger partial charge in [-0.05, 0) is 75.2 Å². The zero-order valence-electron chi connectivity index (χ0n) is 10.8. The molecule has 1 nitrogen and oxygen atoms in total. The molecule has 0 saturated heterocycles. The maximum Gasteiger partial charge on any atom is 0.0369 e. The first kappa shape index (κ1) is 15.5. The molecule has 1 unspecified atom stereocenters. The molecule has 0 saturated carbocycles. The summed E-state index contributed by atoms with van der Waals surface area (Å²) in [5.74, 6) is 0. The van der Waals surface area contributed by atoms with Crippen LogP contribution in [-0.2, 0) is 6.42 Å². The molecule has 19 heavy (non-hydrogen) atoms. The molecule has 1 atom stereocenters. The summed E-state index contributed by atoms with van der Waals surface area (Å²) in [6.45, 7) is 3.27. The molecule has 102 valence electrons. The largest absolute Gasteiger partial charge is 0.310 e. The van der Waals surface area contributed by atoms with E-state index in [1.165, 1.54) is 18.5 Å². The Morgan fingerprint density at radius 1 is 1.37 bits per heavy atom. The van der Waals surface area contributed by atoms with Gasteiger partial charge < -0.3 is 5.32 Å². The van der Waals surface area contributed by atoms with E-state index in [-0.39, 0.29) is 0 Å². The van der Waals surface area contributed by atoms with Crippen molar-refractivity contribution in [3.8, 4) is 0 Å². The van der Waals surface area contributed by atoms with E-state index in [2.05, 4.69) is 86.5 Å². The molecule has 1 aromatic heterocycles. The Balaban J connectivity index is 2.15. The fraction of sp³-hybridized carbons (Fsp3) is 0.333. The topological polar surface area (TPSA) is 12.0 Å². The molecule has 1 N–H and O–H groups in total. The first-order chi connectivity index (χ1) is 9.19. The van der Waals surface area contributed by atoms with E-state index in [9.17, 15) is 0 Å². The summed E-state index contributed by atoms with van der Waals surface area (Å²) in [5, 5.41) is 5.81. The molecule has 4 heteroatoms. The minimum Gasteiger partial charge on any atom is -0.310 e. The Morgan fingerprint density at radius 3 is 2.84 bits per heavy atom. The monoisotopic (exact) mass is 449 g/mol. The molecule has 0 aliphatic heterocycles. The molecule has 0 amide bonds. The van der Waals surface area contributed by atoms with Gasteiger partial charge in [-0.15, -0.1) is 11.3 Å². The third-order valence-corrected chi connectivity index (χ3v) is 5.31. The zero-order chi connectivity index (χ0) is 13.7. The number of hydrogen-bond acceptors (Lipinski definition) is 2. The van der Waals surface area contributed by atoms with Gasteiger partial charge in [-0.1, -0.05) is 19.1 Å². The van der Waals surface area contributed by atoms with Crippen molar-refractivity contribution in [3.05, 3.63) is 54.2 Å². The summed E-state index contributed by atoms with van der Waals surface area (Å²) in [6.07, 6.45) is 2.21. The lowest BCUT2D eigenvalue weighted by molar-refractivity contribution is 0.532. The number of halogens is 2. The standard InChI is InChI=1S/C15H17BrINS/c1-2-6-18-15(9-14-8-12(16)10-19-14)11-4-3-5-13(17)7-11/h3-5,7-8,10,15,18H,2,6,9H2,1H3. The maximum absolute atomic E-state index is 3.66. The molecule has 0 aliphatic rings. The van der Waals surface area contributed by atoms with Crippen LogP contribution in [0.5, 0.6) is 0 Å². The zero-order valence-corrected chi connectivity index (χ0v) is 15.4. The van der Waals surface area contributed by atoms with Crippen molar-refractivity contribution >= 4 is 49.9 Å². The van der Waals surface area contributed by atoms with Gasteiger partial charge >= 0.3 is 0 Å². The maximum atomic E-state index is 3.66. The van der Waals surface area contributed by atoms with E-state index in [4.69, 9.17) is 0 Å². The number of benzene rings is 1. The Morgan fingerprint density at radius 2 is 2.21 bits per heavy atom. The second-order valence-electron chi connectivity index (χ2n) is 4.50. The first-order valence-corrected chi connectivity index (χ1v) is 9.16. The van der Waals surface area contributed by atoms with Gasteiger partial charge in [-0.3, -0.25) is 0 Å². The van der Waals surface area contributed by atoms with Crippen molar-refractivity contribution in [3.63, 3.8) is 0 Å². The van der Waals surface area contributed by atoms with Gasteiger partial charge in [0.15, 0.2) is 0 Å². The van der Waals surface area contributed by atoms with E-state index < -0.39 is 0 Å². The average molecular weight is 450 g/mol. The van der Waals surface area contributed by atoms with Crippen molar-refractivity contribution in [1.29, 1.82) is 0 Å². The minimum absolute atomic E-state index is 0.403. The third kappa shape index (κ3) is 4.85. The summed E-state index contributed by atoms with van der Waals surface area (Å²) < 4.78 is 2.48. The molecule has 1 aromatic carbocycles. The van der Waals surface area contributed by atoms with Gasteiger partial charge in [0, 0.05) is 30.8 Å². The highest BCUT2D eigenvalue weighted by atomic mass is 127. The number of hydrogen-bond donors (Lipinski definition) is 1. The summed E-state index contributed by atoms with van der Waals surface area (Å²) in [4.78, 5) is 1.42. The van der Waals surface area contributed by atoms with Crippen molar-refractivity contribution in [1.82, 2.24) is 5.32 Å². The van der Waals surface area contributed by atoms with Crippen LogP contribution in [0.15, 0.2) is 40.2 Å². The lowest BCUT2D eigenvalue weighted by Crippen LogP contribution is -2.23. The molecule has 0 radical (unpaired) electrons. The molecule has 0 aliphatic carbocycles. The molecule has 0 bridgehead atoms. The Bertz CT molecular complexity index is 526. The smallest absolute Gasteiger partial charge is 0.0369 e. The van der Waals surface area contributed by atoms with E-state index in [1.54, 1.807) is 0 Å². The van der Waals surface area contributed by atoms with E-state index in [0.717, 1.165) is 19.4 Å². The van der Waals surface area contributed by atoms with Gasteiger partial charge in [-0.25, -0.2) is 0 Å². The van der Waals surface area contributed by atoms with Gasteiger partial charge in [0.05, 0.1) is 0 Å². The second kappa shape index (κ2) is 7.76. The van der Waals surface area contributed by atoms with Crippen LogP contribution in [0.1, 0.15) is 29.8 Å². The predicted octanol–water partition coefficient (Wildman–Crippen LogP) is 5.40. The summed E-state index contributed by atoms with van der Waals surface area (Å²) in [7, 11) is 0. The molecular formula is C15H17BrINS. The SMILES string of the molecule is CCCNC(Cc1cc(Br)cs1)c1cccc(I)c1. The molecule has 2 aromatic rings. The fourth-order valence-electron chi connectivity index (χ4n) is 2.01. The van der Waals surface area contributed by atoms with Crippen LogP contribution in [-0.4, -0.2) is 6.54 Å². The van der Waals surface area contributed by atoms with Gasteiger partial charge in [0.25, 0.3) is 0 Å². The van der Waals surface area contributed by atoms with Crippen molar-refractivity contribution in [2.45, 2.75) is 25.8 Å². The first-order valence-electron chi connectivity index (χ1n) is 6.40. The van der Waals surface area contributed by atoms with Crippen molar-refractivity contribution < 1.29 is 0 Å². The molecule has 0 spiro atoms. The van der Waals surface area contributed by atoms with Gasteiger partial charge in [0.2, 0.25) is 0 Å². The fourth-order valence-corrected chi connectivity index (χ4v) is 4.08. The highest BCUT2D eigenvalue weighted by Crippen LogP contribution is 2.26. The quantitative estimate of drug-likeness (QED) is 0.582. The predicted molar refractivity (Wildman–Crippen MR) is 95.9 cm³/mol. The third-order valence-electron chi connectivity index (χ3n) is 2.92.